The van der Waals surface area contributed by atoms with E-state index in [2.05, 4.69) is 15.9 Å². The molecule has 4 atom stereocenters. The minimum atomic E-state index is -0.691. The van der Waals surface area contributed by atoms with Gasteiger partial charge in [-0.2, -0.15) is 0 Å². The smallest absolute Gasteiger partial charge is 0.238 e. The number of ether oxygens (including phenoxy) is 2. The minimum absolute atomic E-state index is 0.0339. The number of amides is 2. The van der Waals surface area contributed by atoms with Gasteiger partial charge in [-0.05, 0) is 88.3 Å². The summed E-state index contributed by atoms with van der Waals surface area (Å²) in [6.07, 6.45) is 7.58. The Morgan fingerprint density at radius 2 is 1.68 bits per heavy atom. The summed E-state index contributed by atoms with van der Waals surface area (Å²) in [5.41, 5.74) is 4.38. The predicted octanol–water partition coefficient (Wildman–Crippen LogP) is 6.55. The van der Waals surface area contributed by atoms with Crippen molar-refractivity contribution in [2.45, 2.75) is 18.8 Å². The summed E-state index contributed by atoms with van der Waals surface area (Å²) in [7, 11) is 3.21. The predicted molar refractivity (Wildman–Crippen MR) is 180 cm³/mol. The Kier molecular flexibility index (Phi) is 7.80. The van der Waals surface area contributed by atoms with Crippen LogP contribution in [0, 0.1) is 17.8 Å². The number of methoxy groups -OCH3 is 2. The van der Waals surface area contributed by atoms with Gasteiger partial charge in [0, 0.05) is 28.7 Å². The molecule has 1 N–H and O–H groups in total. The highest BCUT2D eigenvalue weighted by molar-refractivity contribution is 9.12. The Balaban J connectivity index is 1.20. The van der Waals surface area contributed by atoms with Gasteiger partial charge in [0.15, 0.2) is 11.6 Å². The van der Waals surface area contributed by atoms with E-state index in [0.717, 1.165) is 16.7 Å². The maximum Gasteiger partial charge on any atom is 0.238 e. The summed E-state index contributed by atoms with van der Waals surface area (Å²) >= 11 is 3.25. The van der Waals surface area contributed by atoms with Crippen molar-refractivity contribution in [3.63, 3.8) is 0 Å². The van der Waals surface area contributed by atoms with E-state index in [4.69, 9.17) is 9.47 Å². The largest absolute Gasteiger partial charge is 0.508 e. The number of carbonyl (C=O) groups excluding carboxylic acids is 4. The fraction of sp³-hybridized carbons (Fsp3) is 0.211. The molecule has 0 bridgehead atoms. The lowest BCUT2D eigenvalue weighted by Gasteiger charge is -2.42. The van der Waals surface area contributed by atoms with Gasteiger partial charge >= 0.3 is 0 Å². The molecule has 1 fully saturated rings. The molecule has 7 rings (SSSR count). The molecule has 0 radical (unpaired) electrons. The minimum Gasteiger partial charge on any atom is -0.508 e. The number of anilines is 1. The molecule has 236 valence electrons. The molecule has 1 aliphatic heterocycles. The third-order valence-corrected chi connectivity index (χ3v) is 10.2. The van der Waals surface area contributed by atoms with Crippen LogP contribution in [0.15, 0.2) is 100 Å². The number of imide groups is 1. The first-order valence-electron chi connectivity index (χ1n) is 15.3. The second kappa shape index (κ2) is 12.0. The molecule has 4 aliphatic rings. The van der Waals surface area contributed by atoms with Gasteiger partial charge in [-0.15, -0.1) is 0 Å². The van der Waals surface area contributed by atoms with Gasteiger partial charge in [0.25, 0.3) is 0 Å². The Morgan fingerprint density at radius 3 is 2.40 bits per heavy atom. The molecule has 3 aromatic carbocycles. The highest BCUT2D eigenvalue weighted by atomic mass is 79.9. The summed E-state index contributed by atoms with van der Waals surface area (Å²) in [6.45, 7) is 0. The highest BCUT2D eigenvalue weighted by Gasteiger charge is 2.56. The number of halogens is 1. The number of allylic oxidation sites excluding steroid dienone is 6. The van der Waals surface area contributed by atoms with Crippen molar-refractivity contribution in [3.8, 4) is 17.2 Å². The van der Waals surface area contributed by atoms with Gasteiger partial charge in [0.2, 0.25) is 11.8 Å². The number of ketones is 2. The molecule has 0 spiro atoms. The molecule has 3 aromatic rings. The molecule has 8 nitrogen and oxygen atoms in total. The van der Waals surface area contributed by atoms with Crippen LogP contribution in [0.1, 0.15) is 35.4 Å². The summed E-state index contributed by atoms with van der Waals surface area (Å²) in [5.74, 6) is -2.09. The maximum absolute atomic E-state index is 14.2. The fourth-order valence-electron chi connectivity index (χ4n) is 7.44. The summed E-state index contributed by atoms with van der Waals surface area (Å²) in [4.78, 5) is 56.1. The average Bonchev–Trinajstić information content (AvgIpc) is 3.34. The Hall–Kier alpha value is -5.02. The summed E-state index contributed by atoms with van der Waals surface area (Å²) < 4.78 is 11.0. The first-order valence-corrected chi connectivity index (χ1v) is 16.1. The van der Waals surface area contributed by atoms with E-state index in [1.165, 1.54) is 11.0 Å². The lowest BCUT2D eigenvalue weighted by molar-refractivity contribution is -0.123. The zero-order chi connectivity index (χ0) is 33.0. The zero-order valence-corrected chi connectivity index (χ0v) is 27.2. The number of fused-ring (bicyclic) bond motifs is 3. The first-order chi connectivity index (χ1) is 22.7. The second-order valence-electron chi connectivity index (χ2n) is 12.0. The third kappa shape index (κ3) is 5.15. The van der Waals surface area contributed by atoms with E-state index in [0.29, 0.717) is 40.3 Å². The number of carbonyl (C=O) groups is 4. The summed E-state index contributed by atoms with van der Waals surface area (Å²) in [6, 6.07) is 19.4. The normalized spacial score (nSPS) is 23.8. The molecule has 1 saturated heterocycles. The van der Waals surface area contributed by atoms with E-state index in [9.17, 15) is 24.3 Å². The lowest BCUT2D eigenvalue weighted by Crippen LogP contribution is -2.39. The molecule has 0 aromatic heterocycles. The number of aromatic hydroxyl groups is 1. The number of benzene rings is 3. The van der Waals surface area contributed by atoms with Crippen LogP contribution in [-0.4, -0.2) is 42.7 Å². The lowest BCUT2D eigenvalue weighted by atomic mass is 9.59. The van der Waals surface area contributed by atoms with Crippen molar-refractivity contribution in [2.24, 2.45) is 17.8 Å². The molecular formula is C38H30BrNO7. The Morgan fingerprint density at radius 1 is 0.894 bits per heavy atom. The van der Waals surface area contributed by atoms with Gasteiger partial charge in [-0.25, -0.2) is 0 Å². The third-order valence-electron chi connectivity index (χ3n) is 9.58. The molecule has 3 aliphatic carbocycles. The Bertz CT molecular complexity index is 1990. The number of hydrogen-bond donors (Lipinski definition) is 1. The quantitative estimate of drug-likeness (QED) is 0.135. The number of hydrogen-bond acceptors (Lipinski definition) is 7. The van der Waals surface area contributed by atoms with E-state index >= 15 is 0 Å². The highest BCUT2D eigenvalue weighted by Crippen LogP contribution is 2.55. The topological polar surface area (TPSA) is 110 Å². The van der Waals surface area contributed by atoms with Gasteiger partial charge in [0.05, 0.1) is 36.2 Å². The molecule has 0 saturated carbocycles. The number of rotatable bonds is 6. The molecule has 1 heterocycles. The van der Waals surface area contributed by atoms with E-state index in [1.807, 2.05) is 54.6 Å². The molecule has 2 amide bonds. The summed E-state index contributed by atoms with van der Waals surface area (Å²) in [5, 5.41) is 10.3. The average molecular weight is 693 g/mol. The van der Waals surface area contributed by atoms with Crippen molar-refractivity contribution in [3.05, 3.63) is 117 Å². The maximum atomic E-state index is 14.2. The molecular weight excluding hydrogens is 662 g/mol. The first kappa shape index (κ1) is 30.6. The fourth-order valence-corrected chi connectivity index (χ4v) is 7.88. The van der Waals surface area contributed by atoms with Crippen molar-refractivity contribution in [1.82, 2.24) is 0 Å². The molecule has 47 heavy (non-hydrogen) atoms. The monoisotopic (exact) mass is 691 g/mol. The SMILES string of the molecule is COc1ccc(OC)c(C=Cc2ccc(N3C(=O)C4CC=C5C(c6cccc(O)c6)C6=C(CC5C4C3=O)C(=O)C(Br)=CC6=O)cc2)c1. The van der Waals surface area contributed by atoms with Crippen LogP contribution in [0.4, 0.5) is 5.69 Å². The van der Waals surface area contributed by atoms with E-state index in [1.54, 1.807) is 44.6 Å². The van der Waals surface area contributed by atoms with Crippen LogP contribution in [0.3, 0.4) is 0 Å². The van der Waals surface area contributed by atoms with Crippen molar-refractivity contribution in [1.29, 1.82) is 0 Å². The van der Waals surface area contributed by atoms with Crippen LogP contribution in [0.25, 0.3) is 12.2 Å². The van der Waals surface area contributed by atoms with Gasteiger partial charge in [-0.1, -0.05) is 48.1 Å². The number of nitrogens with zero attached hydrogens (tertiary/aromatic N) is 1. The standard InChI is InChI=1S/C38H30BrNO7/c1-46-25-12-15-32(47-2)21(17-25)9-6-20-7-10-23(11-8-20)40-37(44)27-14-13-26-28(34(27)38(40)45)18-29-35(31(42)19-30(39)36(29)43)33(26)22-4-3-5-24(41)16-22/h3-13,15-17,19,27-28,33-34,41H,14,18H2,1-2H3. The second-order valence-corrected chi connectivity index (χ2v) is 12.9. The van der Waals surface area contributed by atoms with Gasteiger partial charge in [-0.3, -0.25) is 24.1 Å². The number of Topliss-reactive ketones (excluding diaryl/α,β-unsaturated/α-hetero) is 1. The van der Waals surface area contributed by atoms with Gasteiger partial charge in [0.1, 0.15) is 17.2 Å². The number of phenols is 1. The Labute approximate surface area is 279 Å². The van der Waals surface area contributed by atoms with E-state index < -0.39 is 23.7 Å². The van der Waals surface area contributed by atoms with Gasteiger partial charge < -0.3 is 14.6 Å². The van der Waals surface area contributed by atoms with Crippen LogP contribution in [0.5, 0.6) is 17.2 Å². The van der Waals surface area contributed by atoms with Crippen LogP contribution < -0.4 is 14.4 Å². The van der Waals surface area contributed by atoms with Crippen molar-refractivity contribution < 1.29 is 33.8 Å². The van der Waals surface area contributed by atoms with E-state index in [-0.39, 0.29) is 40.0 Å². The van der Waals surface area contributed by atoms with Crippen LogP contribution >= 0.6 is 15.9 Å². The number of phenolic OH excluding ortho intramolecular Hbond substituents is 1. The van der Waals surface area contributed by atoms with Crippen molar-refractivity contribution in [2.75, 3.05) is 19.1 Å². The molecule has 4 unspecified atom stereocenters. The van der Waals surface area contributed by atoms with Crippen LogP contribution in [-0.2, 0) is 19.2 Å². The zero-order valence-electron chi connectivity index (χ0n) is 25.6. The van der Waals surface area contributed by atoms with Crippen molar-refractivity contribution >= 4 is 57.2 Å². The molecule has 9 heteroatoms. The van der Waals surface area contributed by atoms with Crippen LogP contribution in [0.2, 0.25) is 0 Å².